The Labute approximate surface area is 247 Å². The molecule has 0 unspecified atom stereocenters. The first-order valence-electron chi connectivity index (χ1n) is 15.3. The molecular weight excluding hydrogens is 528 g/mol. The molecule has 1 aliphatic carbocycles. The quantitative estimate of drug-likeness (QED) is 0.365. The van der Waals surface area contributed by atoms with Crippen LogP contribution in [0.4, 0.5) is 4.79 Å². The van der Waals surface area contributed by atoms with Crippen LogP contribution >= 0.6 is 0 Å². The average molecular weight is 571 g/mol. The Balaban J connectivity index is 1.19. The molecule has 2 saturated heterocycles. The molecule has 2 aromatic carbocycles. The number of aromatic nitrogens is 1. The minimum atomic E-state index is -0.686. The number of likely N-dealkylation sites (N-methyl/N-ethyl adjacent to an activating group) is 1. The molecule has 4 N–H and O–H groups in total. The average Bonchev–Trinajstić information content (AvgIpc) is 3.56. The van der Waals surface area contributed by atoms with E-state index in [1.165, 1.54) is 5.56 Å². The number of piperidine rings is 2. The third kappa shape index (κ3) is 5.50. The van der Waals surface area contributed by atoms with Crippen LogP contribution in [0.1, 0.15) is 54.7 Å². The summed E-state index contributed by atoms with van der Waals surface area (Å²) in [4.78, 5) is 47.2. The molecule has 0 radical (unpaired) electrons. The second-order valence-electron chi connectivity index (χ2n) is 12.5. The molecule has 0 saturated carbocycles. The first-order chi connectivity index (χ1) is 20.3. The van der Waals surface area contributed by atoms with Crippen LogP contribution in [0.25, 0.3) is 10.9 Å². The Morgan fingerprint density at radius 2 is 1.83 bits per heavy atom. The number of rotatable bonds is 6. The Kier molecular flexibility index (Phi) is 7.94. The van der Waals surface area contributed by atoms with Gasteiger partial charge in [0.1, 0.15) is 6.04 Å². The number of aromatic amines is 1. The van der Waals surface area contributed by atoms with Crippen LogP contribution in [0.3, 0.4) is 0 Å². The van der Waals surface area contributed by atoms with E-state index in [0.717, 1.165) is 67.2 Å². The largest absolute Gasteiger partial charge is 0.361 e. The first kappa shape index (κ1) is 28.3. The van der Waals surface area contributed by atoms with Gasteiger partial charge in [0.2, 0.25) is 11.8 Å². The van der Waals surface area contributed by atoms with Gasteiger partial charge in [0.05, 0.1) is 5.92 Å². The van der Waals surface area contributed by atoms with E-state index in [0.29, 0.717) is 19.5 Å². The number of H-pyrrole nitrogens is 1. The third-order valence-electron chi connectivity index (χ3n) is 9.61. The molecule has 42 heavy (non-hydrogen) atoms. The van der Waals surface area contributed by atoms with Crippen LogP contribution in [0, 0.1) is 0 Å². The van der Waals surface area contributed by atoms with Crippen molar-refractivity contribution in [1.82, 2.24) is 30.7 Å². The number of benzene rings is 2. The van der Waals surface area contributed by atoms with Crippen molar-refractivity contribution in [2.24, 2.45) is 0 Å². The number of amides is 4. The van der Waals surface area contributed by atoms with E-state index in [1.54, 1.807) is 4.90 Å². The molecular formula is C33H42N6O3. The number of likely N-dealkylation sites (tertiary alicyclic amines) is 1. The molecule has 9 nitrogen and oxygen atoms in total. The van der Waals surface area contributed by atoms with E-state index in [9.17, 15) is 14.4 Å². The number of carbonyl (C=O) groups excluding carboxylic acids is 3. The van der Waals surface area contributed by atoms with Crippen molar-refractivity contribution in [1.29, 1.82) is 0 Å². The van der Waals surface area contributed by atoms with E-state index >= 15 is 0 Å². The van der Waals surface area contributed by atoms with E-state index in [4.69, 9.17) is 0 Å². The molecule has 1 aromatic heterocycles. The molecule has 2 aliphatic heterocycles. The summed E-state index contributed by atoms with van der Waals surface area (Å²) in [6.07, 6.45) is 6.66. The number of fused-ring (bicyclic) bond motifs is 3. The first-order valence-corrected chi connectivity index (χ1v) is 15.3. The zero-order chi connectivity index (χ0) is 29.3. The van der Waals surface area contributed by atoms with Crippen LogP contribution in [0.2, 0.25) is 0 Å². The lowest BCUT2D eigenvalue weighted by Crippen LogP contribution is -2.57. The summed E-state index contributed by atoms with van der Waals surface area (Å²) < 4.78 is 0. The maximum atomic E-state index is 14.1. The van der Waals surface area contributed by atoms with E-state index < -0.39 is 6.04 Å². The molecule has 0 bridgehead atoms. The number of hydrogen-bond acceptors (Lipinski definition) is 4. The lowest BCUT2D eigenvalue weighted by atomic mass is 9.73. The van der Waals surface area contributed by atoms with Crippen molar-refractivity contribution >= 4 is 28.7 Å². The highest BCUT2D eigenvalue weighted by Gasteiger charge is 2.48. The molecule has 222 valence electrons. The molecule has 1 spiro atoms. The number of para-hydroxylation sites is 1. The van der Waals surface area contributed by atoms with Crippen molar-refractivity contribution in [2.45, 2.75) is 61.9 Å². The molecule has 2 fully saturated rings. The van der Waals surface area contributed by atoms with Crippen molar-refractivity contribution in [3.05, 3.63) is 71.4 Å². The fraction of sp³-hybridized carbons (Fsp3) is 0.485. The number of carbonyl (C=O) groups is 3. The molecule has 3 aliphatic rings. The van der Waals surface area contributed by atoms with Gasteiger partial charge < -0.3 is 30.7 Å². The van der Waals surface area contributed by atoms with Gasteiger partial charge in [0.25, 0.3) is 0 Å². The second-order valence-corrected chi connectivity index (χ2v) is 12.5. The van der Waals surface area contributed by atoms with E-state index in [1.807, 2.05) is 55.5 Å². The molecule has 3 heterocycles. The van der Waals surface area contributed by atoms with Gasteiger partial charge in [-0.05, 0) is 61.4 Å². The summed E-state index contributed by atoms with van der Waals surface area (Å²) in [7, 11) is 3.64. The minimum Gasteiger partial charge on any atom is -0.361 e. The van der Waals surface area contributed by atoms with Crippen molar-refractivity contribution < 1.29 is 14.4 Å². The fourth-order valence-electron chi connectivity index (χ4n) is 7.36. The maximum absolute atomic E-state index is 14.1. The van der Waals surface area contributed by atoms with Crippen LogP contribution < -0.4 is 16.0 Å². The number of urea groups is 1. The van der Waals surface area contributed by atoms with Crippen LogP contribution in [-0.2, 0) is 21.4 Å². The van der Waals surface area contributed by atoms with Gasteiger partial charge in [0, 0.05) is 68.7 Å². The highest BCUT2D eigenvalue weighted by atomic mass is 16.2. The third-order valence-corrected chi connectivity index (χ3v) is 9.61. The van der Waals surface area contributed by atoms with Crippen LogP contribution in [0.15, 0.2) is 54.7 Å². The SMILES string of the molecule is CN(C)C(=O)[C@H]1CC2(CCN(C(=O)[C@@H](Cc3c[nH]c4ccccc34)NC(=O)N[C@@H]3CCCNC3)CC2)c2ccccc21. The zero-order valence-electron chi connectivity index (χ0n) is 24.6. The predicted molar refractivity (Wildman–Crippen MR) is 163 cm³/mol. The maximum Gasteiger partial charge on any atom is 0.315 e. The molecule has 4 amide bonds. The number of nitrogens with zero attached hydrogens (tertiary/aromatic N) is 2. The van der Waals surface area contributed by atoms with Gasteiger partial charge in [0.15, 0.2) is 0 Å². The Morgan fingerprint density at radius 1 is 1.07 bits per heavy atom. The van der Waals surface area contributed by atoms with Crippen molar-refractivity contribution in [2.75, 3.05) is 40.3 Å². The van der Waals surface area contributed by atoms with E-state index in [-0.39, 0.29) is 35.2 Å². The topological polar surface area (TPSA) is 110 Å². The lowest BCUT2D eigenvalue weighted by molar-refractivity contribution is -0.135. The lowest BCUT2D eigenvalue weighted by Gasteiger charge is -2.41. The Morgan fingerprint density at radius 3 is 2.60 bits per heavy atom. The van der Waals surface area contributed by atoms with E-state index in [2.05, 4.69) is 39.1 Å². The summed E-state index contributed by atoms with van der Waals surface area (Å²) in [5, 5.41) is 10.5. The highest BCUT2D eigenvalue weighted by Crippen LogP contribution is 2.52. The van der Waals surface area contributed by atoms with Gasteiger partial charge in [-0.2, -0.15) is 0 Å². The van der Waals surface area contributed by atoms with Gasteiger partial charge in [-0.3, -0.25) is 9.59 Å². The zero-order valence-corrected chi connectivity index (χ0v) is 24.6. The molecule has 3 aromatic rings. The summed E-state index contributed by atoms with van der Waals surface area (Å²) >= 11 is 0. The van der Waals surface area contributed by atoms with Gasteiger partial charge in [-0.15, -0.1) is 0 Å². The smallest absolute Gasteiger partial charge is 0.315 e. The second kappa shape index (κ2) is 11.8. The Hall–Kier alpha value is -3.85. The summed E-state index contributed by atoms with van der Waals surface area (Å²) in [5.74, 6) is -0.0630. The summed E-state index contributed by atoms with van der Waals surface area (Å²) in [6, 6.07) is 15.4. The number of nitrogens with one attached hydrogen (secondary N) is 4. The standard InChI is InChI=1S/C33H42N6O3/c1-38(2)30(40)26-19-33(27-11-5-3-10-25(26)27)13-16-39(17-14-33)31(41)29(37-32(42)36-23-8-7-15-34-21-23)18-22-20-35-28-12-6-4-9-24(22)28/h3-6,9-12,20,23,26,29,34-35H,7-8,13-19,21H2,1-2H3,(H2,36,37,42)/t23-,26+,29-/m1/s1. The number of hydrogen-bond donors (Lipinski definition) is 4. The van der Waals surface area contributed by atoms with Crippen LogP contribution in [-0.4, -0.2) is 85.0 Å². The Bertz CT molecular complexity index is 1450. The summed E-state index contributed by atoms with van der Waals surface area (Å²) in [6.45, 7) is 2.89. The van der Waals surface area contributed by atoms with Gasteiger partial charge >= 0.3 is 6.03 Å². The molecule has 6 rings (SSSR count). The van der Waals surface area contributed by atoms with Crippen molar-refractivity contribution in [3.8, 4) is 0 Å². The molecule has 3 atom stereocenters. The predicted octanol–water partition coefficient (Wildman–Crippen LogP) is 3.27. The highest BCUT2D eigenvalue weighted by molar-refractivity contribution is 5.90. The summed E-state index contributed by atoms with van der Waals surface area (Å²) in [5.41, 5.74) is 4.29. The molecule has 9 heteroatoms. The van der Waals surface area contributed by atoms with Gasteiger partial charge in [-0.25, -0.2) is 4.79 Å². The minimum absolute atomic E-state index is 0.0534. The van der Waals surface area contributed by atoms with Gasteiger partial charge in [-0.1, -0.05) is 42.5 Å². The van der Waals surface area contributed by atoms with Crippen molar-refractivity contribution in [3.63, 3.8) is 0 Å². The monoisotopic (exact) mass is 570 g/mol. The van der Waals surface area contributed by atoms with Crippen LogP contribution in [0.5, 0.6) is 0 Å². The normalized spacial score (nSPS) is 22.0. The fourth-order valence-corrected chi connectivity index (χ4v) is 7.36.